The van der Waals surface area contributed by atoms with Crippen molar-refractivity contribution in [3.63, 3.8) is 0 Å². The fourth-order valence-corrected chi connectivity index (χ4v) is 2.43. The summed E-state index contributed by atoms with van der Waals surface area (Å²) < 4.78 is 0. The van der Waals surface area contributed by atoms with Gasteiger partial charge in [0.15, 0.2) is 5.78 Å². The van der Waals surface area contributed by atoms with Crippen LogP contribution in [0.15, 0.2) is 48.5 Å². The van der Waals surface area contributed by atoms with Crippen LogP contribution in [0, 0.1) is 0 Å². The fraction of sp³-hybridized carbons (Fsp3) is 0.300. The van der Waals surface area contributed by atoms with Gasteiger partial charge in [0.1, 0.15) is 0 Å². The number of Topliss-reactive ketones (excluding diaryl/α,β-unsaturated/α-hetero) is 1. The van der Waals surface area contributed by atoms with Gasteiger partial charge in [-0.25, -0.2) is 0 Å². The fourth-order valence-electron chi connectivity index (χ4n) is 2.43. The number of hydrogen-bond acceptors (Lipinski definition) is 3. The molecule has 0 heterocycles. The number of nitrogens with one attached hydrogen (secondary N) is 1. The SMILES string of the molecule is CCCCc1ccc(C(=O)CCC(=O)Nc2ccccc2N)cc1. The topological polar surface area (TPSA) is 72.2 Å². The predicted octanol–water partition coefficient (Wildman–Crippen LogP) is 4.21. The Labute approximate surface area is 143 Å². The summed E-state index contributed by atoms with van der Waals surface area (Å²) in [4.78, 5) is 24.1. The first-order valence-corrected chi connectivity index (χ1v) is 8.36. The van der Waals surface area contributed by atoms with E-state index in [0.717, 1.165) is 19.3 Å². The summed E-state index contributed by atoms with van der Waals surface area (Å²) >= 11 is 0. The Kier molecular flexibility index (Phi) is 6.55. The standard InChI is InChI=1S/C20H24N2O2/c1-2-3-6-15-9-11-16(12-10-15)19(23)13-14-20(24)22-18-8-5-4-7-17(18)21/h4-5,7-12H,2-3,6,13-14,21H2,1H3,(H,22,24). The zero-order valence-corrected chi connectivity index (χ0v) is 14.0. The maximum absolute atomic E-state index is 12.2. The van der Waals surface area contributed by atoms with Gasteiger partial charge >= 0.3 is 0 Å². The minimum absolute atomic E-state index is 0.0202. The van der Waals surface area contributed by atoms with Crippen molar-refractivity contribution in [3.8, 4) is 0 Å². The number of carbonyl (C=O) groups excluding carboxylic acids is 2. The van der Waals surface area contributed by atoms with E-state index in [4.69, 9.17) is 5.73 Å². The molecule has 0 spiro atoms. The van der Waals surface area contributed by atoms with Crippen LogP contribution in [0.5, 0.6) is 0 Å². The molecule has 0 unspecified atom stereocenters. The van der Waals surface area contributed by atoms with Crippen molar-refractivity contribution in [2.75, 3.05) is 11.1 Å². The molecule has 0 bridgehead atoms. The van der Waals surface area contributed by atoms with Gasteiger partial charge in [0.2, 0.25) is 5.91 Å². The van der Waals surface area contributed by atoms with Gasteiger partial charge in [-0.1, -0.05) is 49.7 Å². The molecule has 3 N–H and O–H groups in total. The zero-order valence-electron chi connectivity index (χ0n) is 14.0. The lowest BCUT2D eigenvalue weighted by Crippen LogP contribution is -2.14. The first kappa shape index (κ1) is 17.7. The van der Waals surface area contributed by atoms with Crippen LogP contribution >= 0.6 is 0 Å². The number of carbonyl (C=O) groups is 2. The second kappa shape index (κ2) is 8.87. The molecule has 4 nitrogen and oxygen atoms in total. The second-order valence-electron chi connectivity index (χ2n) is 5.86. The predicted molar refractivity (Wildman–Crippen MR) is 98.1 cm³/mol. The molecule has 4 heteroatoms. The molecule has 0 aliphatic rings. The summed E-state index contributed by atoms with van der Waals surface area (Å²) in [6.45, 7) is 2.16. The lowest BCUT2D eigenvalue weighted by Gasteiger charge is -2.07. The minimum Gasteiger partial charge on any atom is -0.397 e. The molecule has 2 aromatic carbocycles. The first-order chi connectivity index (χ1) is 11.6. The number of hydrogen-bond donors (Lipinski definition) is 2. The second-order valence-corrected chi connectivity index (χ2v) is 5.86. The monoisotopic (exact) mass is 324 g/mol. The van der Waals surface area contributed by atoms with Crippen molar-refractivity contribution >= 4 is 23.1 Å². The molecule has 0 radical (unpaired) electrons. The molecule has 2 aromatic rings. The lowest BCUT2D eigenvalue weighted by molar-refractivity contribution is -0.116. The molecule has 0 saturated carbocycles. The van der Waals surface area contributed by atoms with Gasteiger partial charge in [0.25, 0.3) is 0 Å². The number of para-hydroxylation sites is 2. The number of ketones is 1. The van der Waals surface area contributed by atoms with E-state index in [-0.39, 0.29) is 24.5 Å². The molecule has 126 valence electrons. The molecule has 0 aromatic heterocycles. The number of unbranched alkanes of at least 4 members (excludes halogenated alkanes) is 1. The van der Waals surface area contributed by atoms with Gasteiger partial charge in [-0.3, -0.25) is 9.59 Å². The third-order valence-corrected chi connectivity index (χ3v) is 3.91. The van der Waals surface area contributed by atoms with Crippen LogP contribution in [0.1, 0.15) is 48.5 Å². The molecule has 24 heavy (non-hydrogen) atoms. The number of anilines is 2. The number of aryl methyl sites for hydroxylation is 1. The zero-order chi connectivity index (χ0) is 17.4. The molecule has 0 fully saturated rings. The molecule has 0 aliphatic heterocycles. The Hall–Kier alpha value is -2.62. The van der Waals surface area contributed by atoms with Crippen LogP contribution in [0.4, 0.5) is 11.4 Å². The number of rotatable bonds is 8. The molecule has 0 aliphatic carbocycles. The molecule has 2 rings (SSSR count). The van der Waals surface area contributed by atoms with E-state index in [2.05, 4.69) is 12.2 Å². The summed E-state index contributed by atoms with van der Waals surface area (Å²) in [6.07, 6.45) is 3.67. The van der Waals surface area contributed by atoms with Gasteiger partial charge < -0.3 is 11.1 Å². The van der Waals surface area contributed by atoms with Crippen LogP contribution < -0.4 is 11.1 Å². The minimum atomic E-state index is -0.208. The van der Waals surface area contributed by atoms with Crippen molar-refractivity contribution in [1.29, 1.82) is 0 Å². The van der Waals surface area contributed by atoms with Crippen LogP contribution in [-0.2, 0) is 11.2 Å². The van der Waals surface area contributed by atoms with E-state index in [1.165, 1.54) is 5.56 Å². The Bertz CT molecular complexity index is 693. The van der Waals surface area contributed by atoms with E-state index in [1.54, 1.807) is 24.3 Å². The number of benzene rings is 2. The van der Waals surface area contributed by atoms with E-state index in [1.807, 2.05) is 24.3 Å². The third-order valence-electron chi connectivity index (χ3n) is 3.91. The first-order valence-electron chi connectivity index (χ1n) is 8.36. The number of amides is 1. The van der Waals surface area contributed by atoms with Gasteiger partial charge in [-0.15, -0.1) is 0 Å². The molecular weight excluding hydrogens is 300 g/mol. The number of nitrogens with two attached hydrogens (primary N) is 1. The molecule has 1 amide bonds. The van der Waals surface area contributed by atoms with Crippen molar-refractivity contribution in [2.24, 2.45) is 0 Å². The average molecular weight is 324 g/mol. The lowest BCUT2D eigenvalue weighted by atomic mass is 10.0. The van der Waals surface area contributed by atoms with Gasteiger partial charge in [0.05, 0.1) is 11.4 Å². The third kappa shape index (κ3) is 5.23. The molecule has 0 atom stereocenters. The van der Waals surface area contributed by atoms with E-state index < -0.39 is 0 Å². The van der Waals surface area contributed by atoms with E-state index in [9.17, 15) is 9.59 Å². The highest BCUT2D eigenvalue weighted by Crippen LogP contribution is 2.17. The van der Waals surface area contributed by atoms with E-state index in [0.29, 0.717) is 16.9 Å². The highest BCUT2D eigenvalue weighted by atomic mass is 16.2. The average Bonchev–Trinajstić information content (AvgIpc) is 2.60. The Morgan fingerprint density at radius 2 is 1.71 bits per heavy atom. The van der Waals surface area contributed by atoms with Crippen LogP contribution in [0.3, 0.4) is 0 Å². The van der Waals surface area contributed by atoms with Gasteiger partial charge in [0, 0.05) is 18.4 Å². The van der Waals surface area contributed by atoms with Gasteiger partial charge in [-0.05, 0) is 30.5 Å². The Balaban J connectivity index is 1.84. The Morgan fingerprint density at radius 3 is 2.38 bits per heavy atom. The van der Waals surface area contributed by atoms with Gasteiger partial charge in [-0.2, -0.15) is 0 Å². The van der Waals surface area contributed by atoms with Crippen molar-refractivity contribution in [2.45, 2.75) is 39.0 Å². The maximum Gasteiger partial charge on any atom is 0.224 e. The maximum atomic E-state index is 12.2. The highest BCUT2D eigenvalue weighted by molar-refractivity contribution is 6.00. The van der Waals surface area contributed by atoms with Crippen LogP contribution in [-0.4, -0.2) is 11.7 Å². The molecular formula is C20H24N2O2. The van der Waals surface area contributed by atoms with Crippen molar-refractivity contribution in [3.05, 3.63) is 59.7 Å². The summed E-state index contributed by atoms with van der Waals surface area (Å²) in [5, 5.41) is 2.73. The van der Waals surface area contributed by atoms with Crippen LogP contribution in [0.2, 0.25) is 0 Å². The Morgan fingerprint density at radius 1 is 1.00 bits per heavy atom. The molecule has 0 saturated heterocycles. The van der Waals surface area contributed by atoms with Crippen LogP contribution in [0.25, 0.3) is 0 Å². The quantitative estimate of drug-likeness (QED) is 0.564. The summed E-state index contributed by atoms with van der Waals surface area (Å²) in [6, 6.07) is 14.8. The normalized spacial score (nSPS) is 10.4. The highest BCUT2D eigenvalue weighted by Gasteiger charge is 2.10. The van der Waals surface area contributed by atoms with Crippen molar-refractivity contribution in [1.82, 2.24) is 0 Å². The van der Waals surface area contributed by atoms with E-state index >= 15 is 0 Å². The number of nitrogen functional groups attached to an aromatic ring is 1. The van der Waals surface area contributed by atoms with Crippen molar-refractivity contribution < 1.29 is 9.59 Å². The summed E-state index contributed by atoms with van der Waals surface area (Å²) in [5.74, 6) is -0.228. The summed E-state index contributed by atoms with van der Waals surface area (Å²) in [7, 11) is 0. The smallest absolute Gasteiger partial charge is 0.224 e. The summed E-state index contributed by atoms with van der Waals surface area (Å²) in [5.41, 5.74) is 8.77. The largest absolute Gasteiger partial charge is 0.397 e.